The molecule has 1 aromatic rings. The summed E-state index contributed by atoms with van der Waals surface area (Å²) in [7, 11) is 0. The molecule has 0 aromatic heterocycles. The maximum absolute atomic E-state index is 9.25. The zero-order valence-corrected chi connectivity index (χ0v) is 11.5. The Labute approximate surface area is 127 Å². The highest BCUT2D eigenvalue weighted by atomic mass is 14.3. The molecule has 4 nitrogen and oxygen atoms in total. The Morgan fingerprint density at radius 2 is 1.09 bits per heavy atom. The van der Waals surface area contributed by atoms with Crippen molar-refractivity contribution in [3.8, 4) is 24.3 Å². The maximum atomic E-state index is 9.25. The molecular weight excluding hydrogens is 272 g/mol. The van der Waals surface area contributed by atoms with E-state index in [-0.39, 0.29) is 11.1 Å². The summed E-state index contributed by atoms with van der Waals surface area (Å²) >= 11 is 0. The molecule has 0 saturated carbocycles. The lowest BCUT2D eigenvalue weighted by Crippen LogP contribution is -2.28. The summed E-state index contributed by atoms with van der Waals surface area (Å²) in [6, 6.07) is 7.84. The summed E-state index contributed by atoms with van der Waals surface area (Å²) in [6.07, 6.45) is 8.78. The van der Waals surface area contributed by atoms with Gasteiger partial charge in [-0.2, -0.15) is 21.0 Å². The minimum Gasteiger partial charge on any atom is -0.192 e. The van der Waals surface area contributed by atoms with Crippen LogP contribution < -0.4 is 10.4 Å². The van der Waals surface area contributed by atoms with Crippen LogP contribution in [0.5, 0.6) is 0 Å². The van der Waals surface area contributed by atoms with Crippen LogP contribution in [0.1, 0.15) is 22.3 Å². The molecule has 0 saturated heterocycles. The molecule has 0 spiro atoms. The smallest absolute Gasteiger partial charge is 0.138 e. The molecule has 0 bridgehead atoms. The Morgan fingerprint density at radius 3 is 1.50 bits per heavy atom. The zero-order valence-electron chi connectivity index (χ0n) is 11.5. The first-order chi connectivity index (χ1) is 10.8. The van der Waals surface area contributed by atoms with E-state index in [9.17, 15) is 21.0 Å². The summed E-state index contributed by atoms with van der Waals surface area (Å²) in [5.41, 5.74) is 3.43. The molecule has 0 unspecified atom stereocenters. The summed E-state index contributed by atoms with van der Waals surface area (Å²) in [4.78, 5) is 0. The Bertz CT molecular complexity index is 976. The summed E-state index contributed by atoms with van der Waals surface area (Å²) in [5.74, 6) is 0. The standard InChI is InChI=1S/C18H8N4/c19-7-11(8-20)17-13-3-1-4-14(13)18(12(9-21)10-22)16-6-2-5-15(16)17/h1-3,5H,4,6H2. The molecule has 22 heavy (non-hydrogen) atoms. The van der Waals surface area contributed by atoms with Crippen LogP contribution in [0.4, 0.5) is 0 Å². The second-order valence-electron chi connectivity index (χ2n) is 4.94. The molecule has 0 amide bonds. The number of fused-ring (bicyclic) bond motifs is 2. The van der Waals surface area contributed by atoms with Gasteiger partial charge in [0.25, 0.3) is 0 Å². The average molecular weight is 280 g/mol. The third-order valence-corrected chi connectivity index (χ3v) is 3.95. The normalized spacial score (nSPS) is 12.5. The van der Waals surface area contributed by atoms with Crippen molar-refractivity contribution in [3.63, 3.8) is 0 Å². The topological polar surface area (TPSA) is 95.2 Å². The zero-order chi connectivity index (χ0) is 15.7. The molecule has 100 valence electrons. The first-order valence-corrected chi connectivity index (χ1v) is 6.66. The van der Waals surface area contributed by atoms with Gasteiger partial charge in [0.2, 0.25) is 0 Å². The monoisotopic (exact) mass is 280 g/mol. The van der Waals surface area contributed by atoms with E-state index >= 15 is 0 Å². The number of rotatable bonds is 0. The molecular formula is C18H8N4. The molecule has 2 aliphatic carbocycles. The van der Waals surface area contributed by atoms with Gasteiger partial charge in [0, 0.05) is 10.4 Å². The Morgan fingerprint density at radius 1 is 0.682 bits per heavy atom. The van der Waals surface area contributed by atoms with Crippen LogP contribution in [0.15, 0.2) is 12.2 Å². The fourth-order valence-corrected chi connectivity index (χ4v) is 3.12. The van der Waals surface area contributed by atoms with Gasteiger partial charge >= 0.3 is 0 Å². The second kappa shape index (κ2) is 5.06. The molecule has 0 fully saturated rings. The van der Waals surface area contributed by atoms with E-state index in [0.29, 0.717) is 23.3 Å². The first kappa shape index (κ1) is 13.4. The Kier molecular flexibility index (Phi) is 3.08. The fraction of sp³-hybridized carbons (Fsp3) is 0.111. The molecule has 0 aliphatic heterocycles. The van der Waals surface area contributed by atoms with Crippen LogP contribution >= 0.6 is 0 Å². The maximum Gasteiger partial charge on any atom is 0.138 e. The number of hydrogen-bond donors (Lipinski definition) is 0. The Balaban J connectivity index is 2.70. The van der Waals surface area contributed by atoms with Gasteiger partial charge in [-0.25, -0.2) is 0 Å². The van der Waals surface area contributed by atoms with Crippen LogP contribution in [0.25, 0.3) is 23.3 Å². The van der Waals surface area contributed by atoms with E-state index in [2.05, 4.69) is 0 Å². The van der Waals surface area contributed by atoms with Gasteiger partial charge in [0.1, 0.15) is 35.4 Å². The number of allylic oxidation sites excluding steroid dienone is 2. The highest BCUT2D eigenvalue weighted by Crippen LogP contribution is 2.22. The van der Waals surface area contributed by atoms with E-state index in [1.54, 1.807) is 0 Å². The van der Waals surface area contributed by atoms with E-state index in [1.165, 1.54) is 0 Å². The lowest BCUT2D eigenvalue weighted by atomic mass is 9.91. The van der Waals surface area contributed by atoms with Crippen LogP contribution in [-0.2, 0) is 12.8 Å². The van der Waals surface area contributed by atoms with Crippen molar-refractivity contribution in [2.24, 2.45) is 0 Å². The van der Waals surface area contributed by atoms with Crippen molar-refractivity contribution >= 4 is 23.3 Å². The van der Waals surface area contributed by atoms with Crippen molar-refractivity contribution < 1.29 is 0 Å². The van der Waals surface area contributed by atoms with Crippen LogP contribution in [0, 0.1) is 45.3 Å². The molecule has 0 atom stereocenters. The molecule has 0 radical (unpaired) electrons. The lowest BCUT2D eigenvalue weighted by molar-refractivity contribution is 1.17. The van der Waals surface area contributed by atoms with E-state index < -0.39 is 0 Å². The molecule has 2 aliphatic rings. The predicted molar refractivity (Wildman–Crippen MR) is 80.4 cm³/mol. The van der Waals surface area contributed by atoms with Gasteiger partial charge in [0.05, 0.1) is 0 Å². The minimum absolute atomic E-state index is 0.0626. The van der Waals surface area contributed by atoms with Gasteiger partial charge in [-0.05, 0) is 35.1 Å². The number of benzene rings is 1. The predicted octanol–water partition coefficient (Wildman–Crippen LogP) is 1.22. The fourth-order valence-electron chi connectivity index (χ4n) is 3.12. The number of nitriles is 4. The molecule has 0 heterocycles. The summed E-state index contributed by atoms with van der Waals surface area (Å²) in [6.45, 7) is 0. The van der Waals surface area contributed by atoms with Gasteiger partial charge in [-0.15, -0.1) is 0 Å². The van der Waals surface area contributed by atoms with Crippen LogP contribution in [-0.4, -0.2) is 0 Å². The largest absolute Gasteiger partial charge is 0.192 e. The molecule has 4 heteroatoms. The van der Waals surface area contributed by atoms with Crippen molar-refractivity contribution in [3.05, 3.63) is 44.8 Å². The SMILES string of the molecule is N#CC(C#N)=c1c2c(c(=C(C#N)C#N)c3c1C=CC3)CC=C2. The van der Waals surface area contributed by atoms with Gasteiger partial charge in [0.15, 0.2) is 0 Å². The van der Waals surface area contributed by atoms with Crippen molar-refractivity contribution in [2.75, 3.05) is 0 Å². The van der Waals surface area contributed by atoms with Gasteiger partial charge < -0.3 is 0 Å². The second-order valence-corrected chi connectivity index (χ2v) is 4.94. The van der Waals surface area contributed by atoms with Crippen molar-refractivity contribution in [1.82, 2.24) is 0 Å². The van der Waals surface area contributed by atoms with Gasteiger partial charge in [-0.3, -0.25) is 0 Å². The third-order valence-electron chi connectivity index (χ3n) is 3.95. The minimum atomic E-state index is 0.0626. The quantitative estimate of drug-likeness (QED) is 0.713. The van der Waals surface area contributed by atoms with E-state index in [0.717, 1.165) is 22.3 Å². The van der Waals surface area contributed by atoms with Crippen LogP contribution in [0.3, 0.4) is 0 Å². The molecule has 0 N–H and O–H groups in total. The molecule has 3 rings (SSSR count). The molecule has 1 aromatic carbocycles. The lowest BCUT2D eigenvalue weighted by Gasteiger charge is -2.10. The van der Waals surface area contributed by atoms with Crippen molar-refractivity contribution in [1.29, 1.82) is 21.0 Å². The van der Waals surface area contributed by atoms with E-state index in [4.69, 9.17) is 0 Å². The first-order valence-electron chi connectivity index (χ1n) is 6.66. The van der Waals surface area contributed by atoms with Gasteiger partial charge in [-0.1, -0.05) is 24.3 Å². The average Bonchev–Trinajstić information content (AvgIpc) is 3.19. The number of hydrogen-bond acceptors (Lipinski definition) is 4. The highest BCUT2D eigenvalue weighted by Gasteiger charge is 2.22. The Hall–Kier alpha value is -3.60. The van der Waals surface area contributed by atoms with Crippen LogP contribution in [0.2, 0.25) is 0 Å². The summed E-state index contributed by atoms with van der Waals surface area (Å²) in [5, 5.41) is 38.3. The third kappa shape index (κ3) is 1.66. The highest BCUT2D eigenvalue weighted by molar-refractivity contribution is 5.85. The number of nitrogens with zero attached hydrogens (tertiary/aromatic N) is 4. The summed E-state index contributed by atoms with van der Waals surface area (Å²) < 4.78 is 0. The van der Waals surface area contributed by atoms with E-state index in [1.807, 2.05) is 48.6 Å². The van der Waals surface area contributed by atoms with Crippen molar-refractivity contribution in [2.45, 2.75) is 12.8 Å².